The van der Waals surface area contributed by atoms with Gasteiger partial charge in [-0.15, -0.1) is 0 Å². The van der Waals surface area contributed by atoms with E-state index in [1.165, 1.54) is 29.7 Å². The van der Waals surface area contributed by atoms with Crippen LogP contribution >= 0.6 is 0 Å². The molecule has 1 amide bonds. The van der Waals surface area contributed by atoms with E-state index in [4.69, 9.17) is 4.74 Å². The van der Waals surface area contributed by atoms with Gasteiger partial charge in [-0.3, -0.25) is 9.59 Å². The molecule has 0 aliphatic heterocycles. The molecule has 0 bridgehead atoms. The van der Waals surface area contributed by atoms with Gasteiger partial charge in [0.1, 0.15) is 11.8 Å². The van der Waals surface area contributed by atoms with Crippen molar-refractivity contribution in [1.29, 1.82) is 0 Å². The molecule has 0 unspecified atom stereocenters. The highest BCUT2D eigenvalue weighted by atomic mass is 16.5. The van der Waals surface area contributed by atoms with Gasteiger partial charge >= 0.3 is 0 Å². The number of benzene rings is 1. The fourth-order valence-corrected chi connectivity index (χ4v) is 3.38. The number of nitrogens with zero attached hydrogens (tertiary/aromatic N) is 3. The summed E-state index contributed by atoms with van der Waals surface area (Å²) in [6.45, 7) is 0.265. The summed E-state index contributed by atoms with van der Waals surface area (Å²) < 4.78 is 7.23. The summed E-state index contributed by atoms with van der Waals surface area (Å²) in [4.78, 5) is 29.1. The maximum Gasteiger partial charge on any atom is 0.272 e. The van der Waals surface area contributed by atoms with Crippen molar-refractivity contribution in [2.45, 2.75) is 38.3 Å². The van der Waals surface area contributed by atoms with Crippen LogP contribution in [-0.2, 0) is 6.54 Å². The minimum Gasteiger partial charge on any atom is -0.474 e. The fourth-order valence-electron chi connectivity index (χ4n) is 3.38. The van der Waals surface area contributed by atoms with E-state index in [1.54, 1.807) is 18.3 Å². The van der Waals surface area contributed by atoms with Crippen LogP contribution in [0.25, 0.3) is 5.69 Å². The summed E-state index contributed by atoms with van der Waals surface area (Å²) in [7, 11) is 0. The fraction of sp³-hybridized carbons (Fsp3) is 0.273. The third-order valence-corrected chi connectivity index (χ3v) is 4.90. The van der Waals surface area contributed by atoms with Gasteiger partial charge < -0.3 is 10.1 Å². The number of carbonyl (C=O) groups excluding carboxylic acids is 1. The molecule has 0 radical (unpaired) electrons. The molecular weight excluding hydrogens is 368 g/mol. The van der Waals surface area contributed by atoms with Gasteiger partial charge in [-0.05, 0) is 49.9 Å². The molecule has 1 fully saturated rings. The highest BCUT2D eigenvalue weighted by Crippen LogP contribution is 2.24. The SMILES string of the molecule is O=C(NCc1cccnc1OC1CCCC1)c1ccc(=O)n(-c2ccccc2)n1. The Morgan fingerprint density at radius 3 is 2.66 bits per heavy atom. The summed E-state index contributed by atoms with van der Waals surface area (Å²) >= 11 is 0. The van der Waals surface area contributed by atoms with Crippen molar-refractivity contribution in [1.82, 2.24) is 20.1 Å². The first-order valence-corrected chi connectivity index (χ1v) is 9.75. The molecule has 4 rings (SSSR count). The van der Waals surface area contributed by atoms with Crippen molar-refractivity contribution < 1.29 is 9.53 Å². The number of carbonyl (C=O) groups is 1. The minimum absolute atomic E-state index is 0.163. The van der Waals surface area contributed by atoms with Crippen LogP contribution in [0.1, 0.15) is 41.7 Å². The van der Waals surface area contributed by atoms with Gasteiger partial charge in [0.25, 0.3) is 11.5 Å². The Morgan fingerprint density at radius 2 is 1.86 bits per heavy atom. The van der Waals surface area contributed by atoms with Crippen LogP contribution in [0.15, 0.2) is 65.6 Å². The van der Waals surface area contributed by atoms with E-state index in [2.05, 4.69) is 15.4 Å². The standard InChI is InChI=1S/C22H22N4O3/c27-20-13-12-19(25-26(20)17-8-2-1-3-9-17)21(28)24-15-16-7-6-14-23-22(16)29-18-10-4-5-11-18/h1-3,6-9,12-14,18H,4-5,10-11,15H2,(H,24,28). The third-order valence-electron chi connectivity index (χ3n) is 4.90. The number of aromatic nitrogens is 3. The summed E-state index contributed by atoms with van der Waals surface area (Å²) in [6.07, 6.45) is 6.29. The van der Waals surface area contributed by atoms with Gasteiger partial charge in [0.15, 0.2) is 0 Å². The predicted molar refractivity (Wildman–Crippen MR) is 108 cm³/mol. The van der Waals surface area contributed by atoms with E-state index >= 15 is 0 Å². The molecule has 3 aromatic rings. The second kappa shape index (κ2) is 8.68. The lowest BCUT2D eigenvalue weighted by Gasteiger charge is -2.15. The molecule has 1 aliphatic carbocycles. The lowest BCUT2D eigenvalue weighted by Crippen LogP contribution is -2.29. The number of hydrogen-bond acceptors (Lipinski definition) is 5. The molecule has 148 valence electrons. The average Bonchev–Trinajstić information content (AvgIpc) is 3.27. The molecule has 29 heavy (non-hydrogen) atoms. The van der Waals surface area contributed by atoms with Gasteiger partial charge in [0.05, 0.1) is 5.69 Å². The first kappa shape index (κ1) is 18.9. The van der Waals surface area contributed by atoms with Crippen LogP contribution in [-0.4, -0.2) is 26.8 Å². The van der Waals surface area contributed by atoms with Crippen LogP contribution in [0.2, 0.25) is 0 Å². The Bertz CT molecular complexity index is 1040. The van der Waals surface area contributed by atoms with Crippen molar-refractivity contribution in [3.05, 3.63) is 82.4 Å². The lowest BCUT2D eigenvalue weighted by atomic mass is 10.2. The first-order chi connectivity index (χ1) is 14.2. The van der Waals surface area contributed by atoms with E-state index in [9.17, 15) is 9.59 Å². The second-order valence-electron chi connectivity index (χ2n) is 6.98. The van der Waals surface area contributed by atoms with Crippen LogP contribution in [0.3, 0.4) is 0 Å². The van der Waals surface area contributed by atoms with Gasteiger partial charge in [-0.25, -0.2) is 4.98 Å². The first-order valence-electron chi connectivity index (χ1n) is 9.75. The largest absolute Gasteiger partial charge is 0.474 e. The van der Waals surface area contributed by atoms with Crippen molar-refractivity contribution in [2.75, 3.05) is 0 Å². The van der Waals surface area contributed by atoms with Crippen LogP contribution in [0.4, 0.5) is 0 Å². The predicted octanol–water partition coefficient (Wildman–Crippen LogP) is 2.88. The zero-order chi connectivity index (χ0) is 20.1. The van der Waals surface area contributed by atoms with Gasteiger partial charge in [0.2, 0.25) is 5.88 Å². The molecule has 1 aliphatic rings. The summed E-state index contributed by atoms with van der Waals surface area (Å²) in [5.41, 5.74) is 1.28. The minimum atomic E-state index is -0.370. The number of amides is 1. The topological polar surface area (TPSA) is 86.1 Å². The van der Waals surface area contributed by atoms with E-state index in [0.717, 1.165) is 18.4 Å². The van der Waals surface area contributed by atoms with Crippen LogP contribution < -0.4 is 15.6 Å². The number of pyridine rings is 1. The quantitative estimate of drug-likeness (QED) is 0.699. The van der Waals surface area contributed by atoms with Crippen molar-refractivity contribution in [3.63, 3.8) is 0 Å². The third kappa shape index (κ3) is 4.51. The second-order valence-corrected chi connectivity index (χ2v) is 6.98. The molecular formula is C22H22N4O3. The number of nitrogens with one attached hydrogen (secondary N) is 1. The van der Waals surface area contributed by atoms with E-state index in [-0.39, 0.29) is 29.8 Å². The number of hydrogen-bond donors (Lipinski definition) is 1. The van der Waals surface area contributed by atoms with E-state index in [1.807, 2.05) is 30.3 Å². The maximum absolute atomic E-state index is 12.6. The smallest absolute Gasteiger partial charge is 0.272 e. The van der Waals surface area contributed by atoms with Crippen molar-refractivity contribution in [2.24, 2.45) is 0 Å². The molecule has 2 aromatic heterocycles. The highest BCUT2D eigenvalue weighted by molar-refractivity contribution is 5.92. The Morgan fingerprint density at radius 1 is 1.07 bits per heavy atom. The Balaban J connectivity index is 1.47. The van der Waals surface area contributed by atoms with Crippen molar-refractivity contribution in [3.8, 4) is 11.6 Å². The van der Waals surface area contributed by atoms with Gasteiger partial charge in [-0.1, -0.05) is 24.3 Å². The Hall–Kier alpha value is -3.48. The zero-order valence-electron chi connectivity index (χ0n) is 16.0. The molecule has 1 aromatic carbocycles. The number of para-hydroxylation sites is 1. The van der Waals surface area contributed by atoms with Crippen LogP contribution in [0.5, 0.6) is 5.88 Å². The lowest BCUT2D eigenvalue weighted by molar-refractivity contribution is 0.0943. The molecule has 0 saturated heterocycles. The van der Waals surface area contributed by atoms with Crippen LogP contribution in [0, 0.1) is 0 Å². The maximum atomic E-state index is 12.6. The number of rotatable bonds is 6. The normalized spacial score (nSPS) is 13.9. The van der Waals surface area contributed by atoms with Gasteiger partial charge in [0, 0.05) is 24.4 Å². The molecule has 7 heteroatoms. The Kier molecular flexibility index (Phi) is 5.65. The monoisotopic (exact) mass is 390 g/mol. The molecule has 1 saturated carbocycles. The van der Waals surface area contributed by atoms with E-state index < -0.39 is 0 Å². The van der Waals surface area contributed by atoms with E-state index in [0.29, 0.717) is 11.6 Å². The molecule has 0 spiro atoms. The van der Waals surface area contributed by atoms with Crippen molar-refractivity contribution >= 4 is 5.91 Å². The molecule has 2 heterocycles. The summed E-state index contributed by atoms with van der Waals surface area (Å²) in [5.74, 6) is 0.187. The molecule has 1 N–H and O–H groups in total. The molecule has 7 nitrogen and oxygen atoms in total. The zero-order valence-corrected chi connectivity index (χ0v) is 16.0. The highest BCUT2D eigenvalue weighted by Gasteiger charge is 2.19. The van der Waals surface area contributed by atoms with Gasteiger partial charge in [-0.2, -0.15) is 9.78 Å². The molecule has 0 atom stereocenters. The summed E-state index contributed by atoms with van der Waals surface area (Å²) in [6, 6.07) is 15.5. The summed E-state index contributed by atoms with van der Waals surface area (Å²) in [5, 5.41) is 7.05. The Labute approximate surface area is 168 Å². The number of ether oxygens (including phenoxy) is 1. The average molecular weight is 390 g/mol.